The summed E-state index contributed by atoms with van der Waals surface area (Å²) in [6.07, 6.45) is 31.8. The van der Waals surface area contributed by atoms with E-state index in [2.05, 4.69) is 59.8 Å². The van der Waals surface area contributed by atoms with Gasteiger partial charge in [-0.25, -0.2) is 77.4 Å². The minimum Gasteiger partial charge on any atom is -0.388 e. The molecule has 18 rings (SSSR count). The number of halogens is 10. The number of nitrogens with zero attached hydrogens (tertiary/aromatic N) is 12. The summed E-state index contributed by atoms with van der Waals surface area (Å²) < 4.78 is 98.3. The Labute approximate surface area is 812 Å². The Kier molecular flexibility index (Phi) is 35.1. The first-order valence-corrected chi connectivity index (χ1v) is 46.5. The van der Waals surface area contributed by atoms with E-state index in [0.29, 0.717) is 130 Å². The fourth-order valence-electron chi connectivity index (χ4n) is 18.1. The van der Waals surface area contributed by atoms with Crippen LogP contribution in [0.25, 0.3) is 0 Å². The van der Waals surface area contributed by atoms with Crippen LogP contribution in [0.3, 0.4) is 0 Å². The maximum Gasteiger partial charge on any atom is 0.416 e. The van der Waals surface area contributed by atoms with Crippen molar-refractivity contribution in [3.63, 3.8) is 0 Å². The fourth-order valence-corrected chi connectivity index (χ4v) is 19.0. The quantitative estimate of drug-likeness (QED) is 0.0180. The SMILES string of the molecule is Cc1cc(C(F)(F)F)cc(C2(Cc3ncc(C(=O)CO)cn3)CC2)c1.O=C(CO)c1cnc(CC2(c3cc(Cl)cc(Cl)c3)CC2)nc1.O=C(CO)c1cnc(CC2(c3ccc(F)cc3)CCCC2)nc1.O=C(CO)c1cnc(CC2(c3ccc(F)cc3Cl)CC2)nc1.O=C(CO)c1cnc(CC2(c3cccc(F)c3)CCCC2)nc1.O=C(CO)c1cnc(CC2(c3cccc(F)c3)CCOCC2)nc1. The number of carbonyl (C=O) groups excluding carboxylic acids is 6. The summed E-state index contributed by atoms with van der Waals surface area (Å²) in [7, 11) is 0. The highest BCUT2D eigenvalue weighted by atomic mass is 35.5. The third kappa shape index (κ3) is 27.3. The lowest BCUT2D eigenvalue weighted by Gasteiger charge is -2.37. The number of carbonyl (C=O) groups is 6. The smallest absolute Gasteiger partial charge is 0.388 e. The van der Waals surface area contributed by atoms with Crippen LogP contribution in [0, 0.1) is 30.2 Å². The minimum absolute atomic E-state index is 0.0168. The second-order valence-corrected chi connectivity index (χ2v) is 37.3. The molecule has 6 aromatic heterocycles. The molecule has 0 amide bonds. The van der Waals surface area contributed by atoms with Crippen LogP contribution in [-0.4, -0.2) is 178 Å². The van der Waals surface area contributed by atoms with Crippen LogP contribution in [0.15, 0.2) is 202 Å². The third-order valence-electron chi connectivity index (χ3n) is 26.5. The van der Waals surface area contributed by atoms with Gasteiger partial charge in [0.1, 0.15) is 97.9 Å². The molecule has 6 aromatic carbocycles. The molecule has 0 radical (unpaired) electrons. The average molecular weight is 1970 g/mol. The summed E-state index contributed by atoms with van der Waals surface area (Å²) in [6, 6.07) is 34.3. The van der Waals surface area contributed by atoms with Crippen molar-refractivity contribution in [1.29, 1.82) is 0 Å². The lowest BCUT2D eigenvalue weighted by Crippen LogP contribution is -2.36. The summed E-state index contributed by atoms with van der Waals surface area (Å²) in [5, 5.41) is 54.7. The molecule has 5 aliphatic carbocycles. The van der Waals surface area contributed by atoms with E-state index in [4.69, 9.17) is 70.2 Å². The first-order valence-electron chi connectivity index (χ1n) is 45.4. The minimum atomic E-state index is -4.38. The zero-order chi connectivity index (χ0) is 99.3. The number of aliphatic hydroxyl groups is 6. The summed E-state index contributed by atoms with van der Waals surface area (Å²) in [6.45, 7) is -0.483. The molecule has 1 saturated heterocycles. The molecule has 12 aromatic rings. The van der Waals surface area contributed by atoms with Gasteiger partial charge in [0.2, 0.25) is 0 Å². The predicted molar refractivity (Wildman–Crippen MR) is 501 cm³/mol. The normalized spacial score (nSPS) is 16.1. The maximum absolute atomic E-state index is 13.7. The second kappa shape index (κ2) is 46.8. The van der Waals surface area contributed by atoms with Crippen LogP contribution in [-0.2, 0) is 81.9 Å². The third-order valence-corrected chi connectivity index (χ3v) is 27.2. The van der Waals surface area contributed by atoms with Crippen molar-refractivity contribution in [2.24, 2.45) is 0 Å². The molecular weight excluding hydrogens is 1860 g/mol. The van der Waals surface area contributed by atoms with Crippen LogP contribution in [0.1, 0.15) is 244 Å². The Bertz CT molecular complexity index is 6260. The monoisotopic (exact) mass is 1960 g/mol. The van der Waals surface area contributed by atoms with Crippen LogP contribution < -0.4 is 0 Å². The van der Waals surface area contributed by atoms with Crippen LogP contribution in [0.4, 0.5) is 30.7 Å². The number of hydrogen-bond donors (Lipinski definition) is 6. The Morgan fingerprint density at radius 1 is 0.309 bits per heavy atom. The van der Waals surface area contributed by atoms with Gasteiger partial charge in [0.05, 0.1) is 38.9 Å². The Morgan fingerprint density at radius 3 is 0.885 bits per heavy atom. The van der Waals surface area contributed by atoms with Gasteiger partial charge in [-0.05, 0) is 196 Å². The van der Waals surface area contributed by atoms with Crippen molar-refractivity contribution >= 4 is 69.5 Å². The van der Waals surface area contributed by atoms with Crippen molar-refractivity contribution in [2.75, 3.05) is 52.9 Å². The molecule has 0 bridgehead atoms. The van der Waals surface area contributed by atoms with Gasteiger partial charge in [0.15, 0.2) is 34.7 Å². The van der Waals surface area contributed by atoms with E-state index in [0.717, 1.165) is 137 Å². The zero-order valence-corrected chi connectivity index (χ0v) is 78.2. The van der Waals surface area contributed by atoms with Gasteiger partial charge >= 0.3 is 6.18 Å². The first-order chi connectivity index (χ1) is 66.7. The van der Waals surface area contributed by atoms with Gasteiger partial charge in [0, 0.05) is 174 Å². The molecule has 0 unspecified atom stereocenters. The number of ketones is 6. The molecule has 6 fully saturated rings. The summed E-state index contributed by atoms with van der Waals surface area (Å²) in [5.41, 5.74) is 6.35. The zero-order valence-electron chi connectivity index (χ0n) is 76.0. The number of hydrogen-bond acceptors (Lipinski definition) is 25. The first kappa shape index (κ1) is 104. The lowest BCUT2D eigenvalue weighted by atomic mass is 9.71. The Morgan fingerprint density at radius 2 is 0.590 bits per heavy atom. The Hall–Kier alpha value is -12.1. The predicted octanol–water partition coefficient (Wildman–Crippen LogP) is 17.0. The fraction of sp³-hybridized carbons (Fsp3) is 0.365. The van der Waals surface area contributed by atoms with Crippen LogP contribution >= 0.6 is 34.8 Å². The van der Waals surface area contributed by atoms with Crippen LogP contribution in [0.2, 0.25) is 15.1 Å². The number of aromatic nitrogens is 12. The molecule has 1 aliphatic heterocycles. The summed E-state index contributed by atoms with van der Waals surface area (Å²) >= 11 is 18.3. The van der Waals surface area contributed by atoms with E-state index in [1.54, 1.807) is 49.4 Å². The average Bonchev–Trinajstić information content (AvgIpc) is 1.58. The molecule has 6 N–H and O–H groups in total. The lowest BCUT2D eigenvalue weighted by molar-refractivity contribution is -0.137. The highest BCUT2D eigenvalue weighted by molar-refractivity contribution is 6.34. The molecule has 25 nitrogen and oxygen atoms in total. The van der Waals surface area contributed by atoms with E-state index in [9.17, 15) is 59.5 Å². The van der Waals surface area contributed by atoms with Gasteiger partial charge in [-0.2, -0.15) is 13.2 Å². The van der Waals surface area contributed by atoms with Gasteiger partial charge in [-0.3, -0.25) is 28.8 Å². The maximum atomic E-state index is 13.7. The van der Waals surface area contributed by atoms with Gasteiger partial charge in [-0.15, -0.1) is 0 Å². The van der Waals surface area contributed by atoms with E-state index < -0.39 is 74.5 Å². The molecule has 0 spiro atoms. The molecule has 0 atom stereocenters. The molecule has 35 heteroatoms. The van der Waals surface area contributed by atoms with Crippen molar-refractivity contribution < 1.29 is 94.9 Å². The number of benzene rings is 6. The van der Waals surface area contributed by atoms with E-state index in [1.807, 2.05) is 36.4 Å². The van der Waals surface area contributed by atoms with Gasteiger partial charge in [0.25, 0.3) is 0 Å². The molecule has 139 heavy (non-hydrogen) atoms. The van der Waals surface area contributed by atoms with E-state index in [1.165, 1.54) is 117 Å². The van der Waals surface area contributed by atoms with Crippen molar-refractivity contribution in [3.8, 4) is 0 Å². The van der Waals surface area contributed by atoms with Crippen LogP contribution in [0.5, 0.6) is 0 Å². The van der Waals surface area contributed by atoms with Gasteiger partial charge < -0.3 is 35.4 Å². The highest BCUT2D eigenvalue weighted by Crippen LogP contribution is 2.55. The van der Waals surface area contributed by atoms with Crippen molar-refractivity contribution in [2.45, 2.75) is 187 Å². The Balaban J connectivity index is 0.000000141. The largest absolute Gasteiger partial charge is 0.416 e. The number of rotatable bonds is 30. The molecule has 7 heterocycles. The highest BCUT2D eigenvalue weighted by Gasteiger charge is 2.49. The van der Waals surface area contributed by atoms with E-state index in [-0.39, 0.29) is 84.0 Å². The molecule has 5 saturated carbocycles. The second-order valence-electron chi connectivity index (χ2n) is 36.0. The number of aliphatic hydroxyl groups excluding tert-OH is 6. The molecule has 6 aliphatic rings. The summed E-state index contributed by atoms with van der Waals surface area (Å²) in [4.78, 5) is 119. The molecule has 726 valence electrons. The number of aryl methyl sites for hydroxylation is 1. The molecular formula is C104H102Cl3F7N12O13. The number of ether oxygens (including phenoxy) is 1. The number of Topliss-reactive ketones (excluding diaryl/α,β-unsaturated/α-hetero) is 6. The van der Waals surface area contributed by atoms with Crippen molar-refractivity contribution in [3.05, 3.63) is 353 Å². The van der Waals surface area contributed by atoms with Crippen molar-refractivity contribution in [1.82, 2.24) is 59.8 Å². The standard InChI is InChI=1S/C18H17F3N2O2.C18H19FN2O3.2C18H19FN2O2.C16H14Cl2N2O2.C16H14ClFN2O2/c1-11-4-13(6-14(5-11)18(19,20)21)17(2-3-17)7-16-22-8-12(9-23-16)15(25)10-24;19-15-3-1-2-14(8-15)18(4-6-24-7-5-18)9-17-20-10-13(11-21-17)16(23)12-22;19-15-5-3-14(4-6-15)18(7-1-2-8-18)9-17-20-10-13(11-21-17)16(23)12-22;19-15-5-3-4-14(8-15)18(6-1-2-7-18)9-17-20-10-13(11-21-17)16(23)12-22;17-12-3-11(4-13(18)5-12)16(1-2-16)6-15-19-7-10(8-20-15)14(22)9-21;17-13-5-11(18)1-2-12(13)16(3-4-16)6-15-19-7-10(8-20-15)14(22)9-21/h4-6,8-9,24H,2-3,7,10H2,1H3;1-3,8,10-11,22H,4-7,9,12H2;3-6,10-11,22H,1-2,7-9,12H2;3-5,8,10-11,22H,1-2,6-7,9,12H2;3-5,7-8,21H,1-2,6,9H2;1-2,5,7-8,21H,3-4,6,9H2. The summed E-state index contributed by atoms with van der Waals surface area (Å²) in [5.74, 6) is 0.143. The number of alkyl halides is 3. The van der Waals surface area contributed by atoms with E-state index >= 15 is 0 Å². The van der Waals surface area contributed by atoms with Gasteiger partial charge in [-0.1, -0.05) is 115 Å². The topological polar surface area (TPSA) is 388 Å².